The monoisotopic (exact) mass is 335 g/mol. The summed E-state index contributed by atoms with van der Waals surface area (Å²) in [5, 5.41) is 7.29. The normalized spacial score (nSPS) is 10.6. The standard InChI is InChI=1S/C19H17N3O3/c1-3-22-16-10-5-4-9-15(16)18(24)17(21-22)19(25)20-14-8-6-7-13(11-14)12(2)23/h4-11H,3H2,1-2H3,(H,20,25). The molecule has 0 fully saturated rings. The maximum absolute atomic E-state index is 12.6. The second-order valence-corrected chi connectivity index (χ2v) is 5.60. The number of aryl methyl sites for hydroxylation is 1. The number of anilines is 1. The smallest absolute Gasteiger partial charge is 0.280 e. The second-order valence-electron chi connectivity index (χ2n) is 5.60. The summed E-state index contributed by atoms with van der Waals surface area (Å²) in [6, 6.07) is 13.6. The molecule has 3 rings (SSSR count). The molecule has 1 heterocycles. The number of benzene rings is 2. The van der Waals surface area contributed by atoms with E-state index in [-0.39, 0.29) is 11.5 Å². The molecule has 0 saturated carbocycles. The molecule has 6 nitrogen and oxygen atoms in total. The van der Waals surface area contributed by atoms with E-state index < -0.39 is 11.3 Å². The summed E-state index contributed by atoms with van der Waals surface area (Å²) in [4.78, 5) is 36.6. The molecule has 0 aliphatic heterocycles. The molecule has 3 aromatic rings. The van der Waals surface area contributed by atoms with Crippen LogP contribution in [0, 0.1) is 0 Å². The van der Waals surface area contributed by atoms with Crippen LogP contribution in [0.15, 0.2) is 53.3 Å². The zero-order valence-corrected chi connectivity index (χ0v) is 13.9. The van der Waals surface area contributed by atoms with Gasteiger partial charge in [0.15, 0.2) is 11.5 Å². The first-order valence-corrected chi connectivity index (χ1v) is 7.93. The molecular weight excluding hydrogens is 318 g/mol. The lowest BCUT2D eigenvalue weighted by atomic mass is 10.1. The van der Waals surface area contributed by atoms with Crippen LogP contribution in [0.3, 0.4) is 0 Å². The Morgan fingerprint density at radius 3 is 2.60 bits per heavy atom. The number of hydrogen-bond acceptors (Lipinski definition) is 4. The van der Waals surface area contributed by atoms with Crippen molar-refractivity contribution in [2.45, 2.75) is 20.4 Å². The molecule has 6 heteroatoms. The third kappa shape index (κ3) is 3.19. The molecule has 0 unspecified atom stereocenters. The summed E-state index contributed by atoms with van der Waals surface area (Å²) in [5.41, 5.74) is 1.02. The lowest BCUT2D eigenvalue weighted by Gasteiger charge is -2.10. The van der Waals surface area contributed by atoms with Gasteiger partial charge in [-0.2, -0.15) is 5.10 Å². The van der Waals surface area contributed by atoms with Crippen LogP contribution >= 0.6 is 0 Å². The number of Topliss-reactive ketones (excluding diaryl/α,β-unsaturated/α-hetero) is 1. The first kappa shape index (κ1) is 16.6. The molecule has 1 N–H and O–H groups in total. The highest BCUT2D eigenvalue weighted by molar-refractivity contribution is 6.05. The van der Waals surface area contributed by atoms with Crippen molar-refractivity contribution in [3.63, 3.8) is 0 Å². The number of nitrogens with one attached hydrogen (secondary N) is 1. The number of hydrogen-bond donors (Lipinski definition) is 1. The van der Waals surface area contributed by atoms with E-state index in [2.05, 4.69) is 10.4 Å². The summed E-state index contributed by atoms with van der Waals surface area (Å²) >= 11 is 0. The highest BCUT2D eigenvalue weighted by Crippen LogP contribution is 2.13. The van der Waals surface area contributed by atoms with Crippen molar-refractivity contribution in [2.75, 3.05) is 5.32 Å². The zero-order chi connectivity index (χ0) is 18.0. The average molecular weight is 335 g/mol. The summed E-state index contributed by atoms with van der Waals surface area (Å²) in [6.45, 7) is 3.87. The summed E-state index contributed by atoms with van der Waals surface area (Å²) in [7, 11) is 0. The van der Waals surface area contributed by atoms with Crippen LogP contribution in [0.4, 0.5) is 5.69 Å². The van der Waals surface area contributed by atoms with Crippen molar-refractivity contribution in [2.24, 2.45) is 0 Å². The summed E-state index contributed by atoms with van der Waals surface area (Å²) in [5.74, 6) is -0.702. The number of rotatable bonds is 4. The highest BCUT2D eigenvalue weighted by Gasteiger charge is 2.17. The van der Waals surface area contributed by atoms with E-state index >= 15 is 0 Å². The van der Waals surface area contributed by atoms with E-state index in [0.717, 1.165) is 0 Å². The van der Waals surface area contributed by atoms with E-state index in [0.29, 0.717) is 28.7 Å². The Bertz CT molecular complexity index is 1040. The van der Waals surface area contributed by atoms with Gasteiger partial charge in [0.1, 0.15) is 0 Å². The molecule has 0 atom stereocenters. The number of aromatic nitrogens is 2. The molecule has 0 radical (unpaired) electrons. The lowest BCUT2D eigenvalue weighted by Crippen LogP contribution is -2.27. The van der Waals surface area contributed by atoms with Crippen molar-refractivity contribution in [3.8, 4) is 0 Å². The van der Waals surface area contributed by atoms with Gasteiger partial charge in [0.25, 0.3) is 5.91 Å². The molecule has 1 aromatic heterocycles. The van der Waals surface area contributed by atoms with Gasteiger partial charge in [-0.3, -0.25) is 19.1 Å². The SMILES string of the molecule is CCn1nc(C(=O)Nc2cccc(C(C)=O)c2)c(=O)c2ccccc21. The number of nitrogens with zero attached hydrogens (tertiary/aromatic N) is 2. The average Bonchev–Trinajstić information content (AvgIpc) is 2.62. The van der Waals surface area contributed by atoms with Crippen molar-refractivity contribution >= 4 is 28.3 Å². The number of amides is 1. The van der Waals surface area contributed by atoms with E-state index in [4.69, 9.17) is 0 Å². The van der Waals surface area contributed by atoms with Crippen LogP contribution in [-0.2, 0) is 6.54 Å². The van der Waals surface area contributed by atoms with Gasteiger partial charge in [-0.05, 0) is 38.1 Å². The first-order valence-electron chi connectivity index (χ1n) is 7.93. The van der Waals surface area contributed by atoms with Crippen LogP contribution in [-0.4, -0.2) is 21.5 Å². The van der Waals surface area contributed by atoms with E-state index in [1.807, 2.05) is 13.0 Å². The van der Waals surface area contributed by atoms with Gasteiger partial charge in [0, 0.05) is 23.2 Å². The minimum absolute atomic E-state index is 0.103. The molecule has 1 amide bonds. The molecule has 25 heavy (non-hydrogen) atoms. The molecule has 0 aliphatic rings. The van der Waals surface area contributed by atoms with Gasteiger partial charge in [-0.1, -0.05) is 24.3 Å². The molecule has 0 aliphatic carbocycles. The Morgan fingerprint density at radius 1 is 1.12 bits per heavy atom. The van der Waals surface area contributed by atoms with Crippen molar-refractivity contribution in [1.82, 2.24) is 9.78 Å². The van der Waals surface area contributed by atoms with Crippen molar-refractivity contribution < 1.29 is 9.59 Å². The van der Waals surface area contributed by atoms with Crippen molar-refractivity contribution in [1.29, 1.82) is 0 Å². The summed E-state index contributed by atoms with van der Waals surface area (Å²) < 4.78 is 1.62. The zero-order valence-electron chi connectivity index (χ0n) is 13.9. The van der Waals surface area contributed by atoms with Crippen LogP contribution in [0.5, 0.6) is 0 Å². The minimum atomic E-state index is -0.598. The predicted octanol–water partition coefficient (Wildman–Crippen LogP) is 2.87. The first-order chi connectivity index (χ1) is 12.0. The third-order valence-corrected chi connectivity index (χ3v) is 3.90. The number of fused-ring (bicyclic) bond motifs is 1. The summed E-state index contributed by atoms with van der Waals surface area (Å²) in [6.07, 6.45) is 0. The number of para-hydroxylation sites is 1. The van der Waals surface area contributed by atoms with Crippen LogP contribution < -0.4 is 10.7 Å². The van der Waals surface area contributed by atoms with Gasteiger partial charge < -0.3 is 5.32 Å². The topological polar surface area (TPSA) is 81.1 Å². The largest absolute Gasteiger partial charge is 0.320 e. The van der Waals surface area contributed by atoms with E-state index in [1.165, 1.54) is 6.92 Å². The molecule has 0 spiro atoms. The van der Waals surface area contributed by atoms with Crippen molar-refractivity contribution in [3.05, 3.63) is 70.0 Å². The molecule has 0 saturated heterocycles. The molecular formula is C19H17N3O3. The molecule has 2 aromatic carbocycles. The lowest BCUT2D eigenvalue weighted by molar-refractivity contribution is 0.100. The van der Waals surface area contributed by atoms with Gasteiger partial charge in [-0.15, -0.1) is 0 Å². The predicted molar refractivity (Wildman–Crippen MR) is 96.1 cm³/mol. The van der Waals surface area contributed by atoms with Gasteiger partial charge >= 0.3 is 0 Å². The molecule has 126 valence electrons. The maximum atomic E-state index is 12.6. The van der Waals surface area contributed by atoms with E-state index in [9.17, 15) is 14.4 Å². The van der Waals surface area contributed by atoms with Crippen LogP contribution in [0.25, 0.3) is 10.9 Å². The van der Waals surface area contributed by atoms with Gasteiger partial charge in [0.2, 0.25) is 5.43 Å². The quantitative estimate of drug-likeness (QED) is 0.743. The van der Waals surface area contributed by atoms with Crippen LogP contribution in [0.2, 0.25) is 0 Å². The van der Waals surface area contributed by atoms with Gasteiger partial charge in [-0.25, -0.2) is 0 Å². The van der Waals surface area contributed by atoms with Crippen LogP contribution in [0.1, 0.15) is 34.7 Å². The second kappa shape index (κ2) is 6.68. The Morgan fingerprint density at radius 2 is 1.88 bits per heavy atom. The molecule has 0 bridgehead atoms. The Kier molecular flexibility index (Phi) is 4.43. The fourth-order valence-electron chi connectivity index (χ4n) is 2.63. The Labute approximate surface area is 144 Å². The third-order valence-electron chi connectivity index (χ3n) is 3.90. The number of carbonyl (C=O) groups excluding carboxylic acids is 2. The van der Waals surface area contributed by atoms with E-state index in [1.54, 1.807) is 47.1 Å². The Balaban J connectivity index is 2.03. The number of ketones is 1. The minimum Gasteiger partial charge on any atom is -0.320 e. The fourth-order valence-corrected chi connectivity index (χ4v) is 2.63. The highest BCUT2D eigenvalue weighted by atomic mass is 16.2. The maximum Gasteiger partial charge on any atom is 0.280 e. The van der Waals surface area contributed by atoms with Gasteiger partial charge in [0.05, 0.1) is 5.52 Å². The Hall–Kier alpha value is -3.28. The number of carbonyl (C=O) groups is 2. The fraction of sp³-hybridized carbons (Fsp3) is 0.158.